The van der Waals surface area contributed by atoms with Crippen molar-refractivity contribution in [3.05, 3.63) is 35.4 Å². The van der Waals surface area contributed by atoms with Gasteiger partial charge in [-0.05, 0) is 38.4 Å². The van der Waals surface area contributed by atoms with E-state index >= 15 is 0 Å². The largest absolute Gasteiger partial charge is 0.416 e. The van der Waals surface area contributed by atoms with Crippen molar-refractivity contribution in [2.45, 2.75) is 45.2 Å². The number of benzene rings is 1. The molecule has 1 aromatic carbocycles. The smallest absolute Gasteiger partial charge is 0.375 e. The summed E-state index contributed by atoms with van der Waals surface area (Å²) in [6.07, 6.45) is -4.36. The highest BCUT2D eigenvalue weighted by molar-refractivity contribution is 5.33. The molecule has 1 aliphatic heterocycles. The normalized spacial score (nSPS) is 31.4. The van der Waals surface area contributed by atoms with Crippen molar-refractivity contribution in [3.63, 3.8) is 0 Å². The number of alkyl halides is 3. The van der Waals surface area contributed by atoms with E-state index < -0.39 is 11.7 Å². The van der Waals surface area contributed by atoms with Crippen LogP contribution in [0.2, 0.25) is 0 Å². The van der Waals surface area contributed by atoms with Crippen LogP contribution in [0.4, 0.5) is 13.2 Å². The van der Waals surface area contributed by atoms with Crippen LogP contribution in [0.15, 0.2) is 24.3 Å². The average molecular weight is 301 g/mol. The minimum Gasteiger partial charge on any atom is -0.375 e. The molecular weight excluding hydrogens is 279 g/mol. The maximum Gasteiger partial charge on any atom is 0.416 e. The Balaban J connectivity index is 2.43. The lowest BCUT2D eigenvalue weighted by atomic mass is 9.79. The van der Waals surface area contributed by atoms with Crippen molar-refractivity contribution < 1.29 is 17.9 Å². The number of hydrogen-bond acceptors (Lipinski definition) is 2. The fourth-order valence-electron chi connectivity index (χ4n) is 3.45. The highest BCUT2D eigenvalue weighted by Gasteiger charge is 2.44. The van der Waals surface area contributed by atoms with Gasteiger partial charge in [0, 0.05) is 12.0 Å². The minimum atomic E-state index is -4.34. The Morgan fingerprint density at radius 1 is 1.10 bits per heavy atom. The van der Waals surface area contributed by atoms with E-state index in [2.05, 4.69) is 5.32 Å². The first-order valence-corrected chi connectivity index (χ1v) is 7.26. The Labute approximate surface area is 123 Å². The molecule has 5 heteroatoms. The van der Waals surface area contributed by atoms with Crippen LogP contribution in [0.25, 0.3) is 0 Å². The molecule has 21 heavy (non-hydrogen) atoms. The molecule has 0 amide bonds. The van der Waals surface area contributed by atoms with Gasteiger partial charge in [-0.25, -0.2) is 0 Å². The van der Waals surface area contributed by atoms with Crippen molar-refractivity contribution in [2.75, 3.05) is 7.05 Å². The summed E-state index contributed by atoms with van der Waals surface area (Å²) in [6.45, 7) is 5.95. The van der Waals surface area contributed by atoms with E-state index in [1.165, 1.54) is 6.07 Å². The van der Waals surface area contributed by atoms with Crippen LogP contribution in [0.3, 0.4) is 0 Å². The second-order valence-electron chi connectivity index (χ2n) is 5.83. The Morgan fingerprint density at radius 3 is 2.19 bits per heavy atom. The fraction of sp³-hybridized carbons (Fsp3) is 0.625. The summed E-state index contributed by atoms with van der Waals surface area (Å²) in [5.41, 5.74) is -0.266. The van der Waals surface area contributed by atoms with Crippen LogP contribution >= 0.6 is 0 Å². The number of hydrogen-bond donors (Lipinski definition) is 1. The monoisotopic (exact) mass is 301 g/mol. The summed E-state index contributed by atoms with van der Waals surface area (Å²) < 4.78 is 45.5. The predicted octanol–water partition coefficient (Wildman–Crippen LogP) is 4.03. The summed E-state index contributed by atoms with van der Waals surface area (Å²) in [4.78, 5) is 0. The molecule has 0 radical (unpaired) electrons. The van der Waals surface area contributed by atoms with Crippen LogP contribution in [-0.2, 0) is 10.9 Å². The van der Waals surface area contributed by atoms with Gasteiger partial charge in [-0.15, -0.1) is 0 Å². The Hall–Kier alpha value is -1.07. The lowest BCUT2D eigenvalue weighted by Crippen LogP contribution is -2.34. The van der Waals surface area contributed by atoms with E-state index in [9.17, 15) is 13.2 Å². The third kappa shape index (κ3) is 3.09. The van der Waals surface area contributed by atoms with Crippen molar-refractivity contribution in [1.29, 1.82) is 0 Å². The summed E-state index contributed by atoms with van der Waals surface area (Å²) in [5.74, 6) is 0.201. The highest BCUT2D eigenvalue weighted by atomic mass is 19.4. The van der Waals surface area contributed by atoms with Crippen LogP contribution in [0.5, 0.6) is 0 Å². The van der Waals surface area contributed by atoms with Crippen LogP contribution in [0.1, 0.15) is 37.9 Å². The number of nitrogens with one attached hydrogen (secondary N) is 1. The second kappa shape index (κ2) is 5.97. The van der Waals surface area contributed by atoms with Crippen LogP contribution < -0.4 is 5.32 Å². The maximum absolute atomic E-state index is 13.2. The molecule has 0 bridgehead atoms. The zero-order valence-electron chi connectivity index (χ0n) is 12.7. The first kappa shape index (κ1) is 16.3. The van der Waals surface area contributed by atoms with Crippen molar-refractivity contribution in [1.82, 2.24) is 5.32 Å². The highest BCUT2D eigenvalue weighted by Crippen LogP contribution is 2.43. The van der Waals surface area contributed by atoms with Gasteiger partial charge in [-0.1, -0.05) is 25.1 Å². The van der Waals surface area contributed by atoms with Gasteiger partial charge in [0.2, 0.25) is 0 Å². The standard InChI is InChI=1S/C16H22F3NO/c1-9-10(2)21-11(3)14(9)15(20-4)12-7-5-6-8-13(12)16(17,18)19/h5-11,14-15,20H,1-4H3. The summed E-state index contributed by atoms with van der Waals surface area (Å²) in [7, 11) is 1.71. The average Bonchev–Trinajstić information content (AvgIpc) is 2.66. The molecule has 1 aliphatic rings. The van der Waals surface area contributed by atoms with Gasteiger partial charge >= 0.3 is 6.18 Å². The molecule has 0 aliphatic carbocycles. The number of halogens is 3. The van der Waals surface area contributed by atoms with Gasteiger partial charge < -0.3 is 10.1 Å². The third-order valence-electron chi connectivity index (χ3n) is 4.62. The molecule has 1 aromatic rings. The van der Waals surface area contributed by atoms with Gasteiger partial charge in [0.15, 0.2) is 0 Å². The number of ether oxygens (including phenoxy) is 1. The van der Waals surface area contributed by atoms with E-state index in [0.29, 0.717) is 5.56 Å². The lowest BCUT2D eigenvalue weighted by Gasteiger charge is -2.31. The fourth-order valence-corrected chi connectivity index (χ4v) is 3.45. The van der Waals surface area contributed by atoms with E-state index in [4.69, 9.17) is 4.74 Å². The third-order valence-corrected chi connectivity index (χ3v) is 4.62. The molecule has 0 spiro atoms. The first-order chi connectivity index (χ1) is 9.77. The van der Waals surface area contributed by atoms with Gasteiger partial charge in [-0.3, -0.25) is 0 Å². The van der Waals surface area contributed by atoms with Crippen molar-refractivity contribution >= 4 is 0 Å². The van der Waals surface area contributed by atoms with E-state index in [1.54, 1.807) is 19.2 Å². The molecule has 1 N–H and O–H groups in total. The van der Waals surface area contributed by atoms with Gasteiger partial charge in [0.1, 0.15) is 0 Å². The molecule has 1 heterocycles. The molecule has 0 saturated carbocycles. The summed E-state index contributed by atoms with van der Waals surface area (Å²) in [5, 5.41) is 3.07. The summed E-state index contributed by atoms with van der Waals surface area (Å²) in [6, 6.07) is 5.42. The summed E-state index contributed by atoms with van der Waals surface area (Å²) >= 11 is 0. The van der Waals surface area contributed by atoms with E-state index in [-0.39, 0.29) is 30.1 Å². The van der Waals surface area contributed by atoms with Gasteiger partial charge in [0.25, 0.3) is 0 Å². The van der Waals surface area contributed by atoms with Gasteiger partial charge in [-0.2, -0.15) is 13.2 Å². The quantitative estimate of drug-likeness (QED) is 0.910. The SMILES string of the molecule is CNC(c1ccccc1C(F)(F)F)C1C(C)OC(C)C1C. The van der Waals surface area contributed by atoms with Crippen LogP contribution in [-0.4, -0.2) is 19.3 Å². The van der Waals surface area contributed by atoms with Gasteiger partial charge in [0.05, 0.1) is 17.8 Å². The maximum atomic E-state index is 13.2. The Bertz CT molecular complexity index is 489. The molecule has 2 rings (SSSR count). The topological polar surface area (TPSA) is 21.3 Å². The first-order valence-electron chi connectivity index (χ1n) is 7.26. The molecule has 0 aromatic heterocycles. The molecule has 5 unspecified atom stereocenters. The zero-order chi connectivity index (χ0) is 15.8. The van der Waals surface area contributed by atoms with E-state index in [1.807, 2.05) is 20.8 Å². The predicted molar refractivity (Wildman–Crippen MR) is 75.9 cm³/mol. The van der Waals surface area contributed by atoms with Crippen molar-refractivity contribution in [2.24, 2.45) is 11.8 Å². The lowest BCUT2D eigenvalue weighted by molar-refractivity contribution is -0.138. The second-order valence-corrected chi connectivity index (χ2v) is 5.83. The zero-order valence-corrected chi connectivity index (χ0v) is 12.7. The molecular formula is C16H22F3NO. The molecule has 118 valence electrons. The van der Waals surface area contributed by atoms with E-state index in [0.717, 1.165) is 6.07 Å². The minimum absolute atomic E-state index is 0.00787. The molecule has 1 saturated heterocycles. The number of rotatable bonds is 3. The Kier molecular flexibility index (Phi) is 4.63. The molecule has 1 fully saturated rings. The Morgan fingerprint density at radius 2 is 1.71 bits per heavy atom. The molecule has 5 atom stereocenters. The molecule has 2 nitrogen and oxygen atoms in total. The van der Waals surface area contributed by atoms with Crippen molar-refractivity contribution in [3.8, 4) is 0 Å². The van der Waals surface area contributed by atoms with Crippen LogP contribution in [0, 0.1) is 11.8 Å².